The highest BCUT2D eigenvalue weighted by Crippen LogP contribution is 2.36. The molecule has 7 rings (SSSR count). The van der Waals surface area contributed by atoms with Gasteiger partial charge in [0.15, 0.2) is 0 Å². The van der Waals surface area contributed by atoms with Gasteiger partial charge in [0.05, 0.1) is 47.4 Å². The van der Waals surface area contributed by atoms with Crippen LogP contribution in [0, 0.1) is 11.8 Å². The number of nitrogens with one attached hydrogen (secondary N) is 4. The third-order valence-corrected chi connectivity index (χ3v) is 11.7. The number of ether oxygens (including phenoxy) is 4. The van der Waals surface area contributed by atoms with Gasteiger partial charge in [-0.25, -0.2) is 19.6 Å². The van der Waals surface area contributed by atoms with Gasteiger partial charge in [0.25, 0.3) is 0 Å². The quantitative estimate of drug-likeness (QED) is 0.0760. The smallest absolute Gasteiger partial charge is 0.407 e. The number of aromatic nitrogens is 4. The largest absolute Gasteiger partial charge is 0.447 e. The first-order valence-corrected chi connectivity index (χ1v) is 21.5. The second-order valence-electron chi connectivity index (χ2n) is 16.7. The molecular weight excluding hydrogens is 793 g/mol. The first kappa shape index (κ1) is 44.1. The molecule has 4 N–H and O–H groups in total. The van der Waals surface area contributed by atoms with E-state index in [1.807, 2.05) is 49.6 Å². The lowest BCUT2D eigenvalue weighted by molar-refractivity contribution is -0.136. The molecule has 0 saturated carbocycles. The summed E-state index contributed by atoms with van der Waals surface area (Å²) in [5.41, 5.74) is 7.51. The summed E-state index contributed by atoms with van der Waals surface area (Å²) in [6.07, 6.45) is 1.90. The summed E-state index contributed by atoms with van der Waals surface area (Å²) in [5, 5.41) is 5.52. The van der Waals surface area contributed by atoms with Crippen LogP contribution in [0.25, 0.3) is 44.3 Å². The molecule has 0 bridgehead atoms. The van der Waals surface area contributed by atoms with Crippen LogP contribution in [0.1, 0.15) is 77.1 Å². The fourth-order valence-electron chi connectivity index (χ4n) is 8.38. The molecule has 0 radical (unpaired) electrons. The topological polar surface area (TPSA) is 193 Å². The highest BCUT2D eigenvalue weighted by molar-refractivity contribution is 5.88. The van der Waals surface area contributed by atoms with Crippen molar-refractivity contribution >= 4 is 46.1 Å². The van der Waals surface area contributed by atoms with E-state index in [1.54, 1.807) is 0 Å². The van der Waals surface area contributed by atoms with Crippen LogP contribution in [0.3, 0.4) is 0 Å². The Bertz CT molecular complexity index is 2190. The van der Waals surface area contributed by atoms with Crippen LogP contribution in [0.4, 0.5) is 9.59 Å². The normalized spacial score (nSPS) is 17.5. The Morgan fingerprint density at radius 1 is 0.613 bits per heavy atom. The van der Waals surface area contributed by atoms with Gasteiger partial charge >= 0.3 is 12.2 Å². The molecule has 0 aliphatic carbocycles. The number of nitrogens with zero attached hydrogens (tertiary/aromatic N) is 4. The summed E-state index contributed by atoms with van der Waals surface area (Å²) in [7, 11) is 3.06. The average molecular weight is 851 g/mol. The summed E-state index contributed by atoms with van der Waals surface area (Å²) in [4.78, 5) is 73.0. The third-order valence-electron chi connectivity index (χ3n) is 11.7. The van der Waals surface area contributed by atoms with Crippen molar-refractivity contribution in [3.63, 3.8) is 0 Å². The standard InChI is InChI=1S/C46H58N8O8/c1-27(2)39(51-45(57)61-23-21-59-5)43(55)53-19-7-9-37(53)41-47-33-17-15-31(25-35(33)49-41)29-11-13-30(14-12-29)32-16-18-34-36(26-32)50-42(48-34)38-10-8-20-54(38)44(56)40(28(3)4)52-46(58)62-24-22-60-6/h11-18,25-28,37-40H,7-10,19-24H2,1-6H3,(H,47,49)(H,48,50)(H,51,57)(H,52,58)/t37-,38-,39-,40?/m0/s1. The van der Waals surface area contributed by atoms with Crippen LogP contribution < -0.4 is 10.6 Å². The Balaban J connectivity index is 1.03. The van der Waals surface area contributed by atoms with Gasteiger partial charge in [-0.1, -0.05) is 64.1 Å². The number of H-pyrrole nitrogens is 2. The molecule has 1 unspecified atom stereocenters. The SMILES string of the molecule is COCCOC(=O)NC(C(=O)N1CCC[C@H]1c1nc2ccc(-c3ccc(-c4ccc5nc([C@@H]6CCCN6C(=O)[C@@H](NC(=O)OCCOC)C(C)C)[nH]c5c4)cc3)cc2[nH]1)C(C)C. The second kappa shape index (κ2) is 19.8. The summed E-state index contributed by atoms with van der Waals surface area (Å²) < 4.78 is 20.3. The van der Waals surface area contributed by atoms with Gasteiger partial charge in [-0.3, -0.25) is 9.59 Å². The van der Waals surface area contributed by atoms with Gasteiger partial charge in [-0.15, -0.1) is 0 Å². The molecule has 16 nitrogen and oxygen atoms in total. The van der Waals surface area contributed by atoms with E-state index in [2.05, 4.69) is 69.1 Å². The number of benzene rings is 3. The molecule has 5 aromatic rings. The second-order valence-corrected chi connectivity index (χ2v) is 16.7. The number of methoxy groups -OCH3 is 2. The molecule has 4 heterocycles. The minimum Gasteiger partial charge on any atom is -0.447 e. The van der Waals surface area contributed by atoms with Crippen molar-refractivity contribution in [1.82, 2.24) is 40.4 Å². The van der Waals surface area contributed by atoms with Gasteiger partial charge < -0.3 is 49.3 Å². The van der Waals surface area contributed by atoms with Crippen LogP contribution in [-0.4, -0.2) is 120 Å². The number of likely N-dealkylation sites (tertiary alicyclic amines) is 2. The van der Waals surface area contributed by atoms with E-state index in [-0.39, 0.29) is 62.2 Å². The number of imidazole rings is 2. The Hall–Kier alpha value is -6.00. The zero-order chi connectivity index (χ0) is 43.9. The first-order chi connectivity index (χ1) is 29.9. The molecular formula is C46H58N8O8. The molecule has 3 aromatic carbocycles. The summed E-state index contributed by atoms with van der Waals surface area (Å²) in [6, 6.07) is 18.7. The molecule has 2 aromatic heterocycles. The van der Waals surface area contributed by atoms with Crippen LogP contribution in [0.15, 0.2) is 60.7 Å². The molecule has 330 valence electrons. The molecule has 2 aliphatic rings. The fourth-order valence-corrected chi connectivity index (χ4v) is 8.38. The number of fused-ring (bicyclic) bond motifs is 2. The molecule has 4 atom stereocenters. The maximum Gasteiger partial charge on any atom is 0.407 e. The Morgan fingerprint density at radius 2 is 1.00 bits per heavy atom. The van der Waals surface area contributed by atoms with Crippen LogP contribution in [0.2, 0.25) is 0 Å². The molecule has 16 heteroatoms. The van der Waals surface area contributed by atoms with E-state index in [0.29, 0.717) is 13.1 Å². The monoisotopic (exact) mass is 850 g/mol. The summed E-state index contributed by atoms with van der Waals surface area (Å²) >= 11 is 0. The lowest BCUT2D eigenvalue weighted by Crippen LogP contribution is -2.51. The van der Waals surface area contributed by atoms with Crippen LogP contribution in [0.5, 0.6) is 0 Å². The van der Waals surface area contributed by atoms with Crippen molar-refractivity contribution in [2.75, 3.05) is 53.7 Å². The van der Waals surface area contributed by atoms with Crippen LogP contribution in [-0.2, 0) is 28.5 Å². The van der Waals surface area contributed by atoms with Crippen molar-refractivity contribution in [2.45, 2.75) is 77.5 Å². The highest BCUT2D eigenvalue weighted by Gasteiger charge is 2.39. The number of hydrogen-bond acceptors (Lipinski definition) is 10. The number of aromatic amines is 2. The van der Waals surface area contributed by atoms with E-state index >= 15 is 0 Å². The summed E-state index contributed by atoms with van der Waals surface area (Å²) in [6.45, 7) is 9.52. The Kier molecular flexibility index (Phi) is 14.1. The Labute approximate surface area is 361 Å². The van der Waals surface area contributed by atoms with Crippen molar-refractivity contribution in [2.24, 2.45) is 11.8 Å². The predicted molar refractivity (Wildman–Crippen MR) is 234 cm³/mol. The highest BCUT2D eigenvalue weighted by atomic mass is 16.6. The fraction of sp³-hybridized carbons (Fsp3) is 0.478. The molecule has 4 amide bonds. The Morgan fingerprint density at radius 3 is 1.37 bits per heavy atom. The summed E-state index contributed by atoms with van der Waals surface area (Å²) in [5.74, 6) is 0.848. The van der Waals surface area contributed by atoms with E-state index in [4.69, 9.17) is 28.9 Å². The zero-order valence-electron chi connectivity index (χ0n) is 36.4. The van der Waals surface area contributed by atoms with Gasteiger partial charge in [-0.05, 0) is 84.0 Å². The number of carbonyl (C=O) groups is 4. The maximum atomic E-state index is 13.8. The minimum absolute atomic E-state index is 0.104. The lowest BCUT2D eigenvalue weighted by Gasteiger charge is -2.30. The molecule has 2 aliphatic heterocycles. The molecule has 0 spiro atoms. The first-order valence-electron chi connectivity index (χ1n) is 21.5. The van der Waals surface area contributed by atoms with Crippen molar-refractivity contribution in [3.8, 4) is 22.3 Å². The molecule has 2 fully saturated rings. The van der Waals surface area contributed by atoms with Crippen molar-refractivity contribution in [3.05, 3.63) is 72.3 Å². The zero-order valence-corrected chi connectivity index (χ0v) is 36.4. The van der Waals surface area contributed by atoms with Gasteiger partial charge in [0.2, 0.25) is 11.8 Å². The lowest BCUT2D eigenvalue weighted by atomic mass is 10.00. The van der Waals surface area contributed by atoms with Crippen LogP contribution >= 0.6 is 0 Å². The molecule has 2 saturated heterocycles. The van der Waals surface area contributed by atoms with Gasteiger partial charge in [0.1, 0.15) is 36.9 Å². The number of carbonyl (C=O) groups excluding carboxylic acids is 4. The van der Waals surface area contributed by atoms with E-state index in [9.17, 15) is 19.2 Å². The number of hydrogen-bond donors (Lipinski definition) is 4. The van der Waals surface area contributed by atoms with E-state index in [1.165, 1.54) is 14.2 Å². The number of amides is 4. The average Bonchev–Trinajstić information content (AvgIpc) is 4.10. The van der Waals surface area contributed by atoms with Gasteiger partial charge in [0, 0.05) is 27.3 Å². The van der Waals surface area contributed by atoms with E-state index < -0.39 is 24.3 Å². The number of alkyl carbamates (subject to hydrolysis) is 2. The van der Waals surface area contributed by atoms with E-state index in [0.717, 1.165) is 81.7 Å². The minimum atomic E-state index is -0.734. The number of rotatable bonds is 16. The third kappa shape index (κ3) is 9.87. The van der Waals surface area contributed by atoms with Crippen molar-refractivity contribution < 1.29 is 38.1 Å². The van der Waals surface area contributed by atoms with Gasteiger partial charge in [-0.2, -0.15) is 0 Å². The van der Waals surface area contributed by atoms with Crippen molar-refractivity contribution in [1.29, 1.82) is 0 Å². The molecule has 62 heavy (non-hydrogen) atoms. The predicted octanol–water partition coefficient (Wildman–Crippen LogP) is 6.89. The maximum absolute atomic E-state index is 13.8.